The normalized spacial score (nSPS) is 10.1. The molecule has 0 N–H and O–H groups in total. The lowest BCUT2D eigenvalue weighted by Crippen LogP contribution is -1.76. The fraction of sp³-hybridized carbons (Fsp3) is 0.100. The fourth-order valence-corrected chi connectivity index (χ4v) is 1.64. The molecule has 0 unspecified atom stereocenters. The minimum Gasteiger partial charge on any atom is -0.245 e. The molecule has 1 heterocycles. The van der Waals surface area contributed by atoms with Gasteiger partial charge in [-0.1, -0.05) is 12.1 Å². The molecule has 0 atom stereocenters. The Morgan fingerprint density at radius 3 is 2.92 bits per heavy atom. The zero-order valence-electron chi connectivity index (χ0n) is 6.74. The molecule has 1 nitrogen and oxygen atoms in total. The molecule has 2 rings (SSSR count). The zero-order chi connectivity index (χ0) is 8.39. The molecule has 0 aliphatic heterocycles. The van der Waals surface area contributed by atoms with Crippen LogP contribution in [0.3, 0.4) is 0 Å². The standard InChI is InChI=1S/C10H8NS/c1-8-2-4-9(5-3-8)10-11-6-7-12-10/h2,4-7H,1H3. The maximum Gasteiger partial charge on any atom is 0.123 e. The van der Waals surface area contributed by atoms with E-state index in [0.29, 0.717) is 0 Å². The summed E-state index contributed by atoms with van der Waals surface area (Å²) in [6, 6.07) is 9.26. The lowest BCUT2D eigenvalue weighted by molar-refractivity contribution is 1.40. The Balaban J connectivity index is 2.43. The van der Waals surface area contributed by atoms with Gasteiger partial charge in [-0.25, -0.2) is 4.98 Å². The molecule has 59 valence electrons. The van der Waals surface area contributed by atoms with Crippen LogP contribution < -0.4 is 0 Å². The summed E-state index contributed by atoms with van der Waals surface area (Å²) >= 11 is 1.65. The Morgan fingerprint density at radius 2 is 2.33 bits per heavy atom. The molecule has 1 aromatic heterocycles. The van der Waals surface area contributed by atoms with Gasteiger partial charge >= 0.3 is 0 Å². The number of benzene rings is 1. The summed E-state index contributed by atoms with van der Waals surface area (Å²) in [6.45, 7) is 2.03. The number of thiazole rings is 1. The van der Waals surface area contributed by atoms with Gasteiger partial charge in [0.15, 0.2) is 0 Å². The van der Waals surface area contributed by atoms with Gasteiger partial charge in [0, 0.05) is 17.1 Å². The largest absolute Gasteiger partial charge is 0.245 e. The number of hydrogen-bond acceptors (Lipinski definition) is 2. The molecule has 0 aliphatic carbocycles. The summed E-state index contributed by atoms with van der Waals surface area (Å²) < 4.78 is 0. The van der Waals surface area contributed by atoms with E-state index in [1.54, 1.807) is 11.3 Å². The second-order valence-electron chi connectivity index (χ2n) is 2.60. The van der Waals surface area contributed by atoms with Gasteiger partial charge in [-0.05, 0) is 24.6 Å². The minimum absolute atomic E-state index is 1.06. The first-order chi connectivity index (χ1) is 5.86. The molecule has 0 spiro atoms. The Hall–Kier alpha value is -1.15. The highest BCUT2D eigenvalue weighted by atomic mass is 32.1. The first-order valence-corrected chi connectivity index (χ1v) is 4.62. The number of nitrogens with zero attached hydrogens (tertiary/aromatic N) is 1. The third-order valence-corrected chi connectivity index (χ3v) is 2.47. The molecular weight excluding hydrogens is 166 g/mol. The van der Waals surface area contributed by atoms with Gasteiger partial charge in [0.25, 0.3) is 0 Å². The Morgan fingerprint density at radius 1 is 1.42 bits per heavy atom. The highest BCUT2D eigenvalue weighted by Crippen LogP contribution is 2.21. The van der Waals surface area contributed by atoms with Gasteiger partial charge in [0.2, 0.25) is 0 Å². The summed E-state index contributed by atoms with van der Waals surface area (Å²) in [5, 5.41) is 3.04. The number of aromatic nitrogens is 1. The summed E-state index contributed by atoms with van der Waals surface area (Å²) in [7, 11) is 0. The molecule has 12 heavy (non-hydrogen) atoms. The van der Waals surface area contributed by atoms with Crippen molar-refractivity contribution in [3.63, 3.8) is 0 Å². The van der Waals surface area contributed by atoms with E-state index in [1.165, 1.54) is 0 Å². The van der Waals surface area contributed by atoms with Crippen LogP contribution in [0.5, 0.6) is 0 Å². The van der Waals surface area contributed by atoms with Crippen LogP contribution in [0.2, 0.25) is 0 Å². The van der Waals surface area contributed by atoms with E-state index in [9.17, 15) is 0 Å². The summed E-state index contributed by atoms with van der Waals surface area (Å²) in [5.41, 5.74) is 2.31. The predicted octanol–water partition coefficient (Wildman–Crippen LogP) is 2.92. The molecule has 1 aromatic carbocycles. The van der Waals surface area contributed by atoms with Crippen LogP contribution in [-0.4, -0.2) is 4.98 Å². The summed E-state index contributed by atoms with van der Waals surface area (Å²) in [6.07, 6.45) is 1.82. The Kier molecular flexibility index (Phi) is 1.92. The highest BCUT2D eigenvalue weighted by molar-refractivity contribution is 7.13. The predicted molar refractivity (Wildman–Crippen MR) is 51.1 cm³/mol. The second kappa shape index (κ2) is 3.07. The smallest absolute Gasteiger partial charge is 0.123 e. The van der Waals surface area contributed by atoms with E-state index in [0.717, 1.165) is 16.1 Å². The topological polar surface area (TPSA) is 12.9 Å². The van der Waals surface area contributed by atoms with E-state index in [1.807, 2.05) is 24.6 Å². The van der Waals surface area contributed by atoms with E-state index in [2.05, 4.69) is 23.2 Å². The van der Waals surface area contributed by atoms with Crippen LogP contribution in [0.1, 0.15) is 5.56 Å². The van der Waals surface area contributed by atoms with Crippen LogP contribution in [0.25, 0.3) is 10.6 Å². The van der Waals surface area contributed by atoms with Crippen molar-refractivity contribution >= 4 is 11.3 Å². The number of aryl methyl sites for hydroxylation is 1. The van der Waals surface area contributed by atoms with Crippen molar-refractivity contribution in [1.29, 1.82) is 0 Å². The van der Waals surface area contributed by atoms with E-state index in [4.69, 9.17) is 0 Å². The third-order valence-electron chi connectivity index (χ3n) is 1.65. The molecule has 2 heteroatoms. The van der Waals surface area contributed by atoms with Crippen molar-refractivity contribution in [3.8, 4) is 10.6 Å². The van der Waals surface area contributed by atoms with E-state index in [-0.39, 0.29) is 0 Å². The SMILES string of the molecule is Cc1[c]cc(-c2nccs2)cc1. The highest BCUT2D eigenvalue weighted by Gasteiger charge is 1.97. The van der Waals surface area contributed by atoms with Gasteiger partial charge < -0.3 is 0 Å². The van der Waals surface area contributed by atoms with Crippen LogP contribution in [0.15, 0.2) is 29.8 Å². The maximum atomic E-state index is 4.21. The van der Waals surface area contributed by atoms with Crippen molar-refractivity contribution in [2.75, 3.05) is 0 Å². The summed E-state index contributed by atoms with van der Waals surface area (Å²) in [5.74, 6) is 0. The lowest BCUT2D eigenvalue weighted by atomic mass is 10.2. The second-order valence-corrected chi connectivity index (χ2v) is 3.49. The van der Waals surface area contributed by atoms with Gasteiger partial charge in [0.1, 0.15) is 5.01 Å². The number of rotatable bonds is 1. The summed E-state index contributed by atoms with van der Waals surface area (Å²) in [4.78, 5) is 4.21. The van der Waals surface area contributed by atoms with Gasteiger partial charge in [-0.3, -0.25) is 0 Å². The maximum absolute atomic E-state index is 4.21. The van der Waals surface area contributed by atoms with Crippen LogP contribution in [0, 0.1) is 13.0 Å². The molecule has 0 bridgehead atoms. The van der Waals surface area contributed by atoms with Crippen molar-refractivity contribution in [2.45, 2.75) is 6.92 Å². The van der Waals surface area contributed by atoms with E-state index < -0.39 is 0 Å². The van der Waals surface area contributed by atoms with E-state index >= 15 is 0 Å². The Bertz CT molecular complexity index is 348. The molecule has 0 saturated heterocycles. The van der Waals surface area contributed by atoms with Crippen LogP contribution in [-0.2, 0) is 0 Å². The average molecular weight is 174 g/mol. The van der Waals surface area contributed by atoms with Crippen molar-refractivity contribution < 1.29 is 0 Å². The van der Waals surface area contributed by atoms with Crippen molar-refractivity contribution in [2.24, 2.45) is 0 Å². The monoisotopic (exact) mass is 174 g/mol. The van der Waals surface area contributed by atoms with Gasteiger partial charge in [0.05, 0.1) is 0 Å². The molecule has 1 radical (unpaired) electrons. The first-order valence-electron chi connectivity index (χ1n) is 3.74. The Labute approximate surface area is 75.7 Å². The average Bonchev–Trinajstić information content (AvgIpc) is 2.58. The third kappa shape index (κ3) is 1.38. The van der Waals surface area contributed by atoms with Crippen LogP contribution >= 0.6 is 11.3 Å². The first kappa shape index (κ1) is 7.50. The van der Waals surface area contributed by atoms with Gasteiger partial charge in [-0.15, -0.1) is 11.3 Å². The van der Waals surface area contributed by atoms with Crippen LogP contribution in [0.4, 0.5) is 0 Å². The molecule has 0 saturated carbocycles. The van der Waals surface area contributed by atoms with Crippen molar-refractivity contribution in [3.05, 3.63) is 41.4 Å². The minimum atomic E-state index is 1.06. The molecular formula is C10H8NS. The number of hydrogen-bond donors (Lipinski definition) is 0. The fourth-order valence-electron chi connectivity index (χ4n) is 1.00. The molecule has 0 aliphatic rings. The quantitative estimate of drug-likeness (QED) is 0.647. The molecule has 2 aromatic rings. The van der Waals surface area contributed by atoms with Gasteiger partial charge in [-0.2, -0.15) is 0 Å². The van der Waals surface area contributed by atoms with Crippen molar-refractivity contribution in [1.82, 2.24) is 4.98 Å². The molecule has 0 fully saturated rings. The molecule has 0 amide bonds. The lowest BCUT2D eigenvalue weighted by Gasteiger charge is -1.95. The zero-order valence-corrected chi connectivity index (χ0v) is 7.56.